The van der Waals surface area contributed by atoms with Crippen molar-refractivity contribution in [2.75, 3.05) is 6.54 Å². The molecule has 2 heterocycles. The van der Waals surface area contributed by atoms with E-state index in [-0.39, 0.29) is 5.56 Å². The van der Waals surface area contributed by atoms with Crippen molar-refractivity contribution < 1.29 is 0 Å². The van der Waals surface area contributed by atoms with Crippen molar-refractivity contribution in [1.82, 2.24) is 19.6 Å². The Bertz CT molecular complexity index is 471. The van der Waals surface area contributed by atoms with Gasteiger partial charge in [-0.25, -0.2) is 0 Å². The first-order valence-corrected chi connectivity index (χ1v) is 3.94. The molecule has 68 valence electrons. The Morgan fingerprint density at radius 1 is 1.54 bits per heavy atom. The minimum Gasteiger partial charge on any atom is -0.330 e. The Morgan fingerprint density at radius 2 is 2.38 bits per heavy atom. The van der Waals surface area contributed by atoms with E-state index in [4.69, 9.17) is 5.73 Å². The highest BCUT2D eigenvalue weighted by atomic mass is 16.1. The van der Waals surface area contributed by atoms with Gasteiger partial charge in [0.25, 0.3) is 5.56 Å². The van der Waals surface area contributed by atoms with Crippen LogP contribution in [-0.4, -0.2) is 26.1 Å². The molecular weight excluding hydrogens is 170 g/mol. The summed E-state index contributed by atoms with van der Waals surface area (Å²) in [5.41, 5.74) is 5.46. The van der Waals surface area contributed by atoms with Crippen LogP contribution in [0.5, 0.6) is 0 Å². The van der Waals surface area contributed by atoms with Crippen molar-refractivity contribution in [3.8, 4) is 0 Å². The summed E-state index contributed by atoms with van der Waals surface area (Å²) in [4.78, 5) is 13.7. The summed E-state index contributed by atoms with van der Waals surface area (Å²) in [6, 6.07) is 0. The summed E-state index contributed by atoms with van der Waals surface area (Å²) < 4.78 is 1.64. The van der Waals surface area contributed by atoms with Crippen LogP contribution in [0.15, 0.2) is 17.2 Å². The van der Waals surface area contributed by atoms with Crippen molar-refractivity contribution in [3.05, 3.63) is 28.6 Å². The van der Waals surface area contributed by atoms with Crippen LogP contribution in [0.2, 0.25) is 0 Å². The van der Waals surface area contributed by atoms with Gasteiger partial charge in [0.2, 0.25) is 5.65 Å². The van der Waals surface area contributed by atoms with Crippen LogP contribution < -0.4 is 11.3 Å². The molecule has 0 amide bonds. The van der Waals surface area contributed by atoms with Gasteiger partial charge in [0.15, 0.2) is 0 Å². The van der Waals surface area contributed by atoms with E-state index >= 15 is 0 Å². The lowest BCUT2D eigenvalue weighted by atomic mass is 10.4. The molecule has 0 atom stereocenters. The molecule has 2 aromatic heterocycles. The molecular formula is C7H9N5O. The van der Waals surface area contributed by atoms with E-state index in [9.17, 15) is 4.79 Å². The van der Waals surface area contributed by atoms with Crippen molar-refractivity contribution in [1.29, 1.82) is 0 Å². The molecule has 0 radical (unpaired) electrons. The van der Waals surface area contributed by atoms with Gasteiger partial charge in [0.05, 0.1) is 0 Å². The zero-order valence-corrected chi connectivity index (χ0v) is 6.90. The first-order valence-electron chi connectivity index (χ1n) is 3.94. The van der Waals surface area contributed by atoms with Gasteiger partial charge in [-0.3, -0.25) is 9.20 Å². The number of aromatic nitrogens is 4. The van der Waals surface area contributed by atoms with Crippen LogP contribution in [0.1, 0.15) is 5.82 Å². The number of hydrogen-bond acceptors (Lipinski definition) is 4. The Hall–Kier alpha value is -1.69. The highest BCUT2D eigenvalue weighted by molar-refractivity contribution is 5.33. The number of nitrogens with zero attached hydrogens (tertiary/aromatic N) is 3. The van der Waals surface area contributed by atoms with Crippen molar-refractivity contribution in [3.63, 3.8) is 0 Å². The zero-order chi connectivity index (χ0) is 9.26. The van der Waals surface area contributed by atoms with Crippen molar-refractivity contribution >= 4 is 5.65 Å². The third kappa shape index (κ3) is 1.20. The quantitative estimate of drug-likeness (QED) is 0.613. The van der Waals surface area contributed by atoms with Crippen molar-refractivity contribution in [2.24, 2.45) is 5.73 Å². The Balaban J connectivity index is 2.68. The second kappa shape index (κ2) is 2.98. The number of aromatic amines is 1. The lowest BCUT2D eigenvalue weighted by molar-refractivity contribution is 0.846. The van der Waals surface area contributed by atoms with Crippen LogP contribution in [-0.2, 0) is 6.42 Å². The fourth-order valence-corrected chi connectivity index (χ4v) is 1.19. The number of H-pyrrole nitrogens is 1. The third-order valence-electron chi connectivity index (χ3n) is 1.78. The number of fused-ring (bicyclic) bond motifs is 1. The molecule has 6 nitrogen and oxygen atoms in total. The topological polar surface area (TPSA) is 89.1 Å². The normalized spacial score (nSPS) is 10.8. The van der Waals surface area contributed by atoms with Gasteiger partial charge in [-0.05, 0) is 6.54 Å². The van der Waals surface area contributed by atoms with E-state index in [1.807, 2.05) is 0 Å². The number of rotatable bonds is 2. The fraction of sp³-hybridized carbons (Fsp3) is 0.286. The molecule has 0 aliphatic carbocycles. The smallest absolute Gasteiger partial charge is 0.293 e. The minimum absolute atomic E-state index is 0.238. The Kier molecular flexibility index (Phi) is 1.82. The fourth-order valence-electron chi connectivity index (χ4n) is 1.19. The van der Waals surface area contributed by atoms with Gasteiger partial charge < -0.3 is 10.7 Å². The molecule has 6 heteroatoms. The average molecular weight is 179 g/mol. The molecule has 0 saturated heterocycles. The van der Waals surface area contributed by atoms with Crippen LogP contribution in [0.25, 0.3) is 5.65 Å². The average Bonchev–Trinajstić information content (AvgIpc) is 2.51. The lowest BCUT2D eigenvalue weighted by Crippen LogP contribution is -2.11. The van der Waals surface area contributed by atoms with Gasteiger partial charge in [-0.1, -0.05) is 0 Å². The predicted molar refractivity (Wildman–Crippen MR) is 46.4 cm³/mol. The summed E-state index contributed by atoms with van der Waals surface area (Å²) in [6.07, 6.45) is 3.88. The molecule has 0 spiro atoms. The van der Waals surface area contributed by atoms with E-state index in [0.717, 1.165) is 0 Å². The second-order valence-corrected chi connectivity index (χ2v) is 2.64. The first-order chi connectivity index (χ1) is 6.33. The second-order valence-electron chi connectivity index (χ2n) is 2.64. The standard InChI is InChI=1S/C7H9N5O/c8-2-1-5-10-11-6-7(13)9-3-4-12(5)6/h3-4H,1-2,8H2,(H,9,13). The van der Waals surface area contributed by atoms with Crippen LogP contribution in [0.3, 0.4) is 0 Å². The summed E-state index contributed by atoms with van der Waals surface area (Å²) in [7, 11) is 0. The summed E-state index contributed by atoms with van der Waals surface area (Å²) in [5, 5.41) is 7.61. The van der Waals surface area contributed by atoms with Crippen LogP contribution in [0.4, 0.5) is 0 Å². The third-order valence-corrected chi connectivity index (χ3v) is 1.78. The predicted octanol–water partition coefficient (Wildman–Crippen LogP) is -1.08. The molecule has 0 aliphatic rings. The lowest BCUT2D eigenvalue weighted by Gasteiger charge is -1.94. The number of nitrogens with one attached hydrogen (secondary N) is 1. The highest BCUT2D eigenvalue weighted by Crippen LogP contribution is 1.96. The molecule has 2 rings (SSSR count). The summed E-state index contributed by atoms with van der Waals surface area (Å²) in [5.74, 6) is 0.712. The maximum absolute atomic E-state index is 11.2. The molecule has 2 aromatic rings. The van der Waals surface area contributed by atoms with Gasteiger partial charge in [0.1, 0.15) is 5.82 Å². The largest absolute Gasteiger partial charge is 0.330 e. The van der Waals surface area contributed by atoms with Crippen molar-refractivity contribution in [2.45, 2.75) is 6.42 Å². The van der Waals surface area contributed by atoms with E-state index in [0.29, 0.717) is 24.4 Å². The van der Waals surface area contributed by atoms with E-state index in [1.165, 1.54) is 0 Å². The monoisotopic (exact) mass is 179 g/mol. The number of hydrogen-bond donors (Lipinski definition) is 2. The molecule has 0 aromatic carbocycles. The molecule has 0 bridgehead atoms. The molecule has 0 saturated carbocycles. The van der Waals surface area contributed by atoms with Gasteiger partial charge in [0, 0.05) is 18.8 Å². The SMILES string of the molecule is NCCc1nnc2c(=O)[nH]ccn12. The van der Waals surface area contributed by atoms with E-state index in [1.54, 1.807) is 16.8 Å². The van der Waals surface area contributed by atoms with Gasteiger partial charge in [-0.15, -0.1) is 10.2 Å². The molecule has 3 N–H and O–H groups in total. The molecule has 0 unspecified atom stereocenters. The number of nitrogens with two attached hydrogens (primary N) is 1. The molecule has 13 heavy (non-hydrogen) atoms. The highest BCUT2D eigenvalue weighted by Gasteiger charge is 2.05. The van der Waals surface area contributed by atoms with Crippen LogP contribution >= 0.6 is 0 Å². The van der Waals surface area contributed by atoms with E-state index in [2.05, 4.69) is 15.2 Å². The molecule has 0 aliphatic heterocycles. The van der Waals surface area contributed by atoms with Gasteiger partial charge in [-0.2, -0.15) is 0 Å². The summed E-state index contributed by atoms with van der Waals surface area (Å²) >= 11 is 0. The zero-order valence-electron chi connectivity index (χ0n) is 6.90. The molecule has 0 fully saturated rings. The maximum Gasteiger partial charge on any atom is 0.293 e. The summed E-state index contributed by atoms with van der Waals surface area (Å²) in [6.45, 7) is 0.494. The van der Waals surface area contributed by atoms with Crippen LogP contribution in [0, 0.1) is 0 Å². The van der Waals surface area contributed by atoms with Gasteiger partial charge >= 0.3 is 0 Å². The minimum atomic E-state index is -0.238. The first kappa shape index (κ1) is 7.93. The van der Waals surface area contributed by atoms with E-state index < -0.39 is 0 Å². The maximum atomic E-state index is 11.2. The Labute approximate surface area is 73.4 Å². The Morgan fingerprint density at radius 3 is 3.15 bits per heavy atom.